The first-order valence-electron chi connectivity index (χ1n) is 21.9. The Kier molecular flexibility index (Phi) is 33.4. The van der Waals surface area contributed by atoms with Gasteiger partial charge in [-0.15, -0.1) is 10.2 Å². The molecule has 10 N–H and O–H groups in total. The molecule has 27 heteroatoms. The van der Waals surface area contributed by atoms with Crippen LogP contribution in [0.5, 0.6) is 5.75 Å². The third kappa shape index (κ3) is 28.8. The average Bonchev–Trinajstić information content (AvgIpc) is 4.16. The highest BCUT2D eigenvalue weighted by atomic mass is 32.2. The van der Waals surface area contributed by atoms with Crippen molar-refractivity contribution in [2.75, 3.05) is 0 Å². The Balaban J connectivity index is 0. The number of tetrazole rings is 1. The number of rotatable bonds is 8. The van der Waals surface area contributed by atoms with E-state index in [9.17, 15) is 28.8 Å². The van der Waals surface area contributed by atoms with Gasteiger partial charge in [-0.05, 0) is 17.8 Å². The van der Waals surface area contributed by atoms with Crippen molar-refractivity contribution in [1.82, 2.24) is 55.8 Å². The van der Waals surface area contributed by atoms with Gasteiger partial charge in [0.05, 0.1) is 24.1 Å². The molecule has 0 bridgehead atoms. The number of carbonyl (C=O) groups excluding carboxylic acids is 2. The molecule has 70 heavy (non-hydrogen) atoms. The molecule has 25 nitrogen and oxygen atoms in total. The lowest BCUT2D eigenvalue weighted by molar-refractivity contribution is -0.132. The topological polar surface area (TPSA) is 389 Å². The first-order chi connectivity index (χ1) is 32.6. The van der Waals surface area contributed by atoms with Crippen molar-refractivity contribution in [1.29, 1.82) is 5.26 Å². The Morgan fingerprint density at radius 1 is 0.800 bits per heavy atom. The SMILES string of the molecule is CC(C)C(=O)NC#N.CC(C)C(=O)NO.CC(C)C1=NSNC1O.CC(C)c1cc(=O)[nH]o1.CC(C)c1cc(=O)[nH]s1.CC(C)c1cocc(O)c1=O.CC(C)c1nn[nH]n1.CC(C)c1noc(=O)[nH]1. The van der Waals surface area contributed by atoms with E-state index in [4.69, 9.17) is 29.6 Å². The first-order valence-corrected chi connectivity index (χ1v) is 23.5. The van der Waals surface area contributed by atoms with Crippen molar-refractivity contribution in [3.05, 3.63) is 94.0 Å². The number of nitrogens with zero attached hydrogens (tertiary/aromatic N) is 6. The predicted octanol–water partition coefficient (Wildman–Crippen LogP) is 5.88. The number of carbonyl (C=O) groups is 2. The number of aromatic amines is 4. The first kappa shape index (κ1) is 65.6. The molecule has 5 aromatic rings. The maximum atomic E-state index is 11.1. The van der Waals surface area contributed by atoms with E-state index in [1.54, 1.807) is 40.0 Å². The molecule has 0 aliphatic carbocycles. The van der Waals surface area contributed by atoms with Crippen LogP contribution in [0, 0.1) is 29.2 Å². The maximum Gasteiger partial charge on any atom is 0.438 e. The molecular formula is C43H71N13O12S2. The number of nitriles is 1. The van der Waals surface area contributed by atoms with Gasteiger partial charge in [0.2, 0.25) is 17.2 Å². The molecule has 0 radical (unpaired) electrons. The van der Waals surface area contributed by atoms with Gasteiger partial charge in [0.25, 0.3) is 11.1 Å². The summed E-state index contributed by atoms with van der Waals surface area (Å²) in [5, 5.41) is 54.9. The molecule has 6 rings (SSSR count). The van der Waals surface area contributed by atoms with Crippen LogP contribution in [0.25, 0.3) is 0 Å². The van der Waals surface area contributed by atoms with Crippen LogP contribution in [-0.4, -0.2) is 79.5 Å². The summed E-state index contributed by atoms with van der Waals surface area (Å²) in [6.45, 7) is 30.6. The van der Waals surface area contributed by atoms with Crippen LogP contribution in [-0.2, 0) is 9.59 Å². The zero-order valence-electron chi connectivity index (χ0n) is 42.5. The second-order valence-corrected chi connectivity index (χ2v) is 18.4. The molecular weight excluding hydrogens is 955 g/mol. The van der Waals surface area contributed by atoms with Crippen molar-refractivity contribution in [3.8, 4) is 11.9 Å². The third-order valence-electron chi connectivity index (χ3n) is 8.12. The molecule has 0 saturated carbocycles. The van der Waals surface area contributed by atoms with Gasteiger partial charge in [0.15, 0.2) is 29.8 Å². The number of aliphatic hydroxyl groups excluding tert-OH is 1. The molecule has 392 valence electrons. The van der Waals surface area contributed by atoms with E-state index in [1.807, 2.05) is 74.6 Å². The smallest absolute Gasteiger partial charge is 0.438 e. The number of amides is 2. The van der Waals surface area contributed by atoms with Crippen LogP contribution in [0.2, 0.25) is 0 Å². The Labute approximate surface area is 414 Å². The molecule has 0 saturated heterocycles. The second kappa shape index (κ2) is 35.6. The highest BCUT2D eigenvalue weighted by Crippen LogP contribution is 2.16. The number of hydrogen-bond acceptors (Lipinski definition) is 21. The maximum absolute atomic E-state index is 11.1. The quantitative estimate of drug-likeness (QED) is 0.0285. The van der Waals surface area contributed by atoms with Gasteiger partial charge in [-0.3, -0.25) is 48.4 Å². The van der Waals surface area contributed by atoms with Crippen molar-refractivity contribution in [2.24, 2.45) is 22.2 Å². The monoisotopic (exact) mass is 1030 g/mol. The van der Waals surface area contributed by atoms with Crippen LogP contribution in [0.3, 0.4) is 0 Å². The standard InChI is InChI=1S/C8H10O3.C6H9NO2.C6H9NOS.C5H8N2O2.C5H10N2OS.C5H8N2O.C4H8N4.C4H9NO2/c1-5(2)6-3-11-4-7(9)8(6)10;2*1-4(2)5-3-6(8)7-9-5;1-3(2)4-6-5(8)9-7-4;1-3(2)4-5(8)7-9-6-4;1-4(2)5(8)7-3-6;1-3(2)4-5-7-8-6-4;1-3(2)4(6)5-7/h3-5,9H,1-2H3;2*3-4H,1-2H3,(H,7,8);3H,1-2H3,(H,6,7,8);3,5,7-8H,1-2H3;4H,1-2H3,(H,7,8);3H,1-2H3,(H,5,6,7,8);3,7H,1-2H3,(H,5,6). The van der Waals surface area contributed by atoms with Crippen molar-refractivity contribution < 1.29 is 38.5 Å². The molecule has 2 amide bonds. The minimum atomic E-state index is -0.532. The summed E-state index contributed by atoms with van der Waals surface area (Å²) in [5.74, 6) is 2.20. The zero-order valence-corrected chi connectivity index (χ0v) is 44.2. The molecule has 1 unspecified atom stereocenters. The average molecular weight is 1030 g/mol. The predicted molar refractivity (Wildman–Crippen MR) is 265 cm³/mol. The molecule has 6 heterocycles. The summed E-state index contributed by atoms with van der Waals surface area (Å²) in [4.78, 5) is 66.5. The number of hydrogen-bond donors (Lipinski definition) is 10. The third-order valence-corrected chi connectivity index (χ3v) is 9.88. The van der Waals surface area contributed by atoms with Gasteiger partial charge in [0, 0.05) is 52.2 Å². The van der Waals surface area contributed by atoms with E-state index in [0.717, 1.165) is 22.7 Å². The molecule has 5 aromatic heterocycles. The van der Waals surface area contributed by atoms with E-state index in [0.29, 0.717) is 34.9 Å². The molecule has 1 aliphatic heterocycles. The van der Waals surface area contributed by atoms with Gasteiger partial charge >= 0.3 is 5.76 Å². The molecule has 0 aromatic carbocycles. The normalized spacial score (nSPS) is 12.2. The minimum absolute atomic E-state index is 0.0173. The highest BCUT2D eigenvalue weighted by molar-refractivity contribution is 7.96. The van der Waals surface area contributed by atoms with E-state index in [-0.39, 0.29) is 63.7 Å². The Bertz CT molecular complexity index is 2360. The van der Waals surface area contributed by atoms with Gasteiger partial charge in [-0.25, -0.2) is 19.4 Å². The molecule has 1 atom stereocenters. The Morgan fingerprint density at radius 2 is 1.41 bits per heavy atom. The molecule has 0 fully saturated rings. The van der Waals surface area contributed by atoms with E-state index < -0.39 is 12.0 Å². The van der Waals surface area contributed by atoms with E-state index in [2.05, 4.69) is 67.8 Å². The number of nitrogens with one attached hydrogen (secondary N) is 7. The van der Waals surface area contributed by atoms with Crippen LogP contribution < -0.4 is 37.8 Å². The summed E-state index contributed by atoms with van der Waals surface area (Å²) in [7, 11) is 0. The minimum Gasteiger partial charge on any atom is -0.502 e. The van der Waals surface area contributed by atoms with Gasteiger partial charge in [-0.2, -0.15) is 15.6 Å². The summed E-state index contributed by atoms with van der Waals surface area (Å²) < 4.78 is 23.1. The van der Waals surface area contributed by atoms with E-state index in [1.165, 1.54) is 41.5 Å². The summed E-state index contributed by atoms with van der Waals surface area (Å²) in [5.41, 5.74) is 2.37. The van der Waals surface area contributed by atoms with Crippen LogP contribution in [0.1, 0.15) is 168 Å². The summed E-state index contributed by atoms with van der Waals surface area (Å²) in [6, 6.07) is 3.11. The fraction of sp³-hybridized carbons (Fsp3) is 0.581. The lowest BCUT2D eigenvalue weighted by atomic mass is 10.1. The molecule has 1 aliphatic rings. The van der Waals surface area contributed by atoms with Gasteiger partial charge < -0.3 is 19.2 Å². The number of aromatic hydroxyl groups is 1. The Morgan fingerprint density at radius 3 is 1.64 bits per heavy atom. The summed E-state index contributed by atoms with van der Waals surface area (Å²) >= 11 is 2.63. The fourth-order valence-corrected chi connectivity index (χ4v) is 5.25. The Hall–Kier alpha value is -6.47. The summed E-state index contributed by atoms with van der Waals surface area (Å²) in [6.07, 6.45) is 3.42. The van der Waals surface area contributed by atoms with Crippen LogP contribution >= 0.6 is 23.7 Å². The van der Waals surface area contributed by atoms with Crippen LogP contribution in [0.15, 0.2) is 61.7 Å². The van der Waals surface area contributed by atoms with Crippen molar-refractivity contribution >= 4 is 41.2 Å². The van der Waals surface area contributed by atoms with Gasteiger partial charge in [-0.1, -0.05) is 133 Å². The lowest BCUT2D eigenvalue weighted by Crippen LogP contribution is -2.29. The van der Waals surface area contributed by atoms with E-state index >= 15 is 0 Å². The fourth-order valence-electron chi connectivity index (χ4n) is 3.88. The largest absolute Gasteiger partial charge is 0.502 e. The highest BCUT2D eigenvalue weighted by Gasteiger charge is 2.20. The number of aromatic nitrogens is 8. The second-order valence-electron chi connectivity index (χ2n) is 17.0. The zero-order chi connectivity index (χ0) is 54.3. The van der Waals surface area contributed by atoms with Crippen molar-refractivity contribution in [2.45, 2.75) is 147 Å². The number of hydroxylamine groups is 1. The molecule has 0 spiro atoms. The van der Waals surface area contributed by atoms with Crippen molar-refractivity contribution in [3.63, 3.8) is 0 Å². The number of H-pyrrole nitrogens is 4. The number of aliphatic hydroxyl groups is 1. The lowest BCUT2D eigenvalue weighted by Gasteiger charge is -2.06. The van der Waals surface area contributed by atoms with Crippen LogP contribution in [0.4, 0.5) is 0 Å². The van der Waals surface area contributed by atoms with Gasteiger partial charge in [0.1, 0.15) is 12.0 Å².